The van der Waals surface area contributed by atoms with Crippen LogP contribution >= 0.6 is 0 Å². The van der Waals surface area contributed by atoms with Gasteiger partial charge in [-0.15, -0.1) is 0 Å². The highest BCUT2D eigenvalue weighted by Crippen LogP contribution is 2.62. The summed E-state index contributed by atoms with van der Waals surface area (Å²) in [5.41, 5.74) is -4.12. The first-order valence-electron chi connectivity index (χ1n) is 18.7. The fourth-order valence-electron chi connectivity index (χ4n) is 8.40. The highest BCUT2D eigenvalue weighted by molar-refractivity contribution is 5.89. The summed E-state index contributed by atoms with van der Waals surface area (Å²) in [7, 11) is 0. The molecular formula is C39H58O12. The molecule has 2 heterocycles. The standard InChI is InChI=1S/C39H58O12/c1-11-14-16-17-19-20-27(41)45-32-30-29(24(5)31(32)46-34(43)23(4)13-3)33-39(50-28(42)21-18-15-12-2)26(22-37(30,9)48-25(6)40)49-36(7,8)51-38(39,10)35(44)47-33/h13,26,30-33H,11-12,14-22H2,1-10H3/b23-13-/t26-,30+,31-,32-,33-,37-,38+,39+/m0/s1. The van der Waals surface area contributed by atoms with Gasteiger partial charge >= 0.3 is 29.8 Å². The van der Waals surface area contributed by atoms with Crippen LogP contribution in [0.2, 0.25) is 0 Å². The molecule has 0 amide bonds. The van der Waals surface area contributed by atoms with Crippen LogP contribution in [0.3, 0.4) is 0 Å². The Bertz CT molecular complexity index is 1430. The number of rotatable bonds is 15. The summed E-state index contributed by atoms with van der Waals surface area (Å²) in [6.07, 6.45) is 3.76. The maximum Gasteiger partial charge on any atom is 0.343 e. The largest absolute Gasteiger partial charge is 0.459 e. The third kappa shape index (κ3) is 7.77. The molecule has 8 atom stereocenters. The van der Waals surface area contributed by atoms with Gasteiger partial charge < -0.3 is 33.2 Å². The molecule has 0 unspecified atom stereocenters. The quantitative estimate of drug-likeness (QED) is 0.0597. The van der Waals surface area contributed by atoms with Gasteiger partial charge in [-0.3, -0.25) is 14.4 Å². The lowest BCUT2D eigenvalue weighted by Gasteiger charge is -2.54. The monoisotopic (exact) mass is 718 g/mol. The highest BCUT2D eigenvalue weighted by Gasteiger charge is 2.81. The van der Waals surface area contributed by atoms with Crippen LogP contribution in [0, 0.1) is 5.92 Å². The Morgan fingerprint density at radius 3 is 2.10 bits per heavy atom. The number of carbonyl (C=O) groups excluding carboxylic acids is 5. The highest BCUT2D eigenvalue weighted by atomic mass is 16.8. The van der Waals surface area contributed by atoms with E-state index in [1.54, 1.807) is 47.6 Å². The summed E-state index contributed by atoms with van der Waals surface area (Å²) < 4.78 is 44.1. The number of esters is 5. The predicted molar refractivity (Wildman–Crippen MR) is 185 cm³/mol. The van der Waals surface area contributed by atoms with Crippen LogP contribution in [0.1, 0.15) is 140 Å². The molecule has 2 saturated heterocycles. The smallest absolute Gasteiger partial charge is 0.343 e. The topological polar surface area (TPSA) is 150 Å². The first-order valence-corrected chi connectivity index (χ1v) is 18.7. The normalized spacial score (nSPS) is 33.8. The van der Waals surface area contributed by atoms with Crippen LogP contribution in [0.15, 0.2) is 22.8 Å². The van der Waals surface area contributed by atoms with Crippen molar-refractivity contribution in [1.82, 2.24) is 0 Å². The molecule has 2 aliphatic heterocycles. The molecule has 4 aliphatic rings. The van der Waals surface area contributed by atoms with E-state index in [-0.39, 0.29) is 19.3 Å². The van der Waals surface area contributed by atoms with E-state index in [2.05, 4.69) is 6.92 Å². The van der Waals surface area contributed by atoms with Crippen molar-refractivity contribution in [2.75, 3.05) is 0 Å². The molecular weight excluding hydrogens is 660 g/mol. The molecule has 0 aromatic rings. The van der Waals surface area contributed by atoms with Gasteiger partial charge in [-0.05, 0) is 72.5 Å². The zero-order valence-corrected chi connectivity index (χ0v) is 32.1. The second-order valence-corrected chi connectivity index (χ2v) is 15.3. The summed E-state index contributed by atoms with van der Waals surface area (Å²) in [5.74, 6) is -5.45. The van der Waals surface area contributed by atoms with Crippen LogP contribution in [-0.4, -0.2) is 76.9 Å². The Kier molecular flexibility index (Phi) is 12.5. The van der Waals surface area contributed by atoms with E-state index in [4.69, 9.17) is 33.2 Å². The van der Waals surface area contributed by atoms with Crippen molar-refractivity contribution in [2.24, 2.45) is 5.92 Å². The third-order valence-electron chi connectivity index (χ3n) is 10.9. The maximum absolute atomic E-state index is 14.1. The van der Waals surface area contributed by atoms with Gasteiger partial charge in [-0.25, -0.2) is 9.59 Å². The van der Waals surface area contributed by atoms with Crippen molar-refractivity contribution < 1.29 is 57.1 Å². The fraction of sp³-hybridized carbons (Fsp3) is 0.769. The van der Waals surface area contributed by atoms with Crippen molar-refractivity contribution in [3.63, 3.8) is 0 Å². The summed E-state index contributed by atoms with van der Waals surface area (Å²) in [6.45, 7) is 16.9. The van der Waals surface area contributed by atoms with E-state index >= 15 is 0 Å². The van der Waals surface area contributed by atoms with Crippen LogP contribution in [0.25, 0.3) is 0 Å². The second kappa shape index (κ2) is 15.8. The Morgan fingerprint density at radius 2 is 1.47 bits per heavy atom. The Morgan fingerprint density at radius 1 is 0.863 bits per heavy atom. The number of unbranched alkanes of at least 4 members (excludes halogenated alkanes) is 6. The lowest BCUT2D eigenvalue weighted by molar-refractivity contribution is -0.382. The van der Waals surface area contributed by atoms with Crippen molar-refractivity contribution in [3.8, 4) is 0 Å². The Hall–Kier alpha value is -3.25. The van der Waals surface area contributed by atoms with Gasteiger partial charge in [0.15, 0.2) is 24.1 Å². The number of hydrogen-bond acceptors (Lipinski definition) is 12. The minimum absolute atomic E-state index is 0.0761. The van der Waals surface area contributed by atoms with Crippen LogP contribution in [0.5, 0.6) is 0 Å². The number of ether oxygens (including phenoxy) is 7. The minimum Gasteiger partial charge on any atom is -0.459 e. The number of fused-ring (bicyclic) bond motifs is 2. The van der Waals surface area contributed by atoms with Gasteiger partial charge in [0.05, 0.1) is 5.92 Å². The summed E-state index contributed by atoms with van der Waals surface area (Å²) >= 11 is 0. The number of carbonyl (C=O) groups is 5. The molecule has 12 heteroatoms. The van der Waals surface area contributed by atoms with Crippen molar-refractivity contribution in [1.29, 1.82) is 0 Å². The molecule has 2 aliphatic carbocycles. The van der Waals surface area contributed by atoms with E-state index in [0.29, 0.717) is 29.6 Å². The molecule has 4 rings (SSSR count). The van der Waals surface area contributed by atoms with E-state index in [0.717, 1.165) is 38.5 Å². The van der Waals surface area contributed by atoms with Gasteiger partial charge in [0.25, 0.3) is 0 Å². The molecule has 0 aromatic heterocycles. The predicted octanol–water partition coefficient (Wildman–Crippen LogP) is 6.51. The Labute approximate surface area is 302 Å². The SMILES string of the molecule is C/C=C(/C)C(=O)O[C@H]1C(C)=C2[C@H]([C@@H]1OC(=O)CCCCCCC)[C@@](C)(OC(C)=O)C[C@@H]1OC(C)(C)O[C@]3(C)C(=O)O[C@@H]2[C@]13OC(=O)CCCCC. The molecule has 0 spiro atoms. The second-order valence-electron chi connectivity index (χ2n) is 15.3. The van der Waals surface area contributed by atoms with Gasteiger partial charge in [-0.1, -0.05) is 58.4 Å². The summed E-state index contributed by atoms with van der Waals surface area (Å²) in [5, 5.41) is 0. The van der Waals surface area contributed by atoms with E-state index in [1.165, 1.54) is 13.8 Å². The molecule has 0 N–H and O–H groups in total. The first kappa shape index (κ1) is 40.5. The molecule has 0 radical (unpaired) electrons. The van der Waals surface area contributed by atoms with Crippen LogP contribution in [-0.2, 0) is 57.1 Å². The molecule has 286 valence electrons. The molecule has 0 bridgehead atoms. The molecule has 12 nitrogen and oxygen atoms in total. The van der Waals surface area contributed by atoms with E-state index in [1.807, 2.05) is 6.92 Å². The van der Waals surface area contributed by atoms with Gasteiger partial charge in [0.1, 0.15) is 11.7 Å². The summed E-state index contributed by atoms with van der Waals surface area (Å²) in [6, 6.07) is 0. The minimum atomic E-state index is -1.89. The molecule has 3 fully saturated rings. The lowest BCUT2D eigenvalue weighted by Crippen LogP contribution is -2.73. The maximum atomic E-state index is 14.1. The summed E-state index contributed by atoms with van der Waals surface area (Å²) in [4.78, 5) is 67.7. The van der Waals surface area contributed by atoms with Crippen molar-refractivity contribution in [2.45, 2.75) is 187 Å². The van der Waals surface area contributed by atoms with Crippen molar-refractivity contribution in [3.05, 3.63) is 22.8 Å². The number of allylic oxidation sites excluding steroid dienone is 1. The zero-order chi connectivity index (χ0) is 37.9. The van der Waals surface area contributed by atoms with E-state index < -0.39 is 82.8 Å². The fourth-order valence-corrected chi connectivity index (χ4v) is 8.40. The average molecular weight is 719 g/mol. The average Bonchev–Trinajstić information content (AvgIpc) is 3.38. The lowest BCUT2D eigenvalue weighted by atomic mass is 9.73. The Balaban J connectivity index is 1.93. The first-order chi connectivity index (χ1) is 23.9. The van der Waals surface area contributed by atoms with Gasteiger partial charge in [0, 0.05) is 31.8 Å². The van der Waals surface area contributed by atoms with E-state index in [9.17, 15) is 24.0 Å². The molecule has 1 saturated carbocycles. The molecule has 0 aromatic carbocycles. The zero-order valence-electron chi connectivity index (χ0n) is 32.1. The number of hydrogen-bond donors (Lipinski definition) is 0. The van der Waals surface area contributed by atoms with Crippen LogP contribution < -0.4 is 0 Å². The molecule has 51 heavy (non-hydrogen) atoms. The van der Waals surface area contributed by atoms with Gasteiger partial charge in [-0.2, -0.15) is 0 Å². The van der Waals surface area contributed by atoms with Crippen molar-refractivity contribution >= 4 is 29.8 Å². The third-order valence-corrected chi connectivity index (χ3v) is 10.9. The van der Waals surface area contributed by atoms with Gasteiger partial charge in [0.2, 0.25) is 11.2 Å². The van der Waals surface area contributed by atoms with Crippen LogP contribution in [0.4, 0.5) is 0 Å².